The van der Waals surface area contributed by atoms with Gasteiger partial charge in [0.15, 0.2) is 0 Å². The van der Waals surface area contributed by atoms with E-state index >= 15 is 0 Å². The molecule has 0 spiro atoms. The van der Waals surface area contributed by atoms with Crippen LogP contribution in [-0.4, -0.2) is 68.1 Å². The van der Waals surface area contributed by atoms with E-state index < -0.39 is 6.04 Å². The average molecular weight is 378 g/mol. The number of amides is 2. The lowest BCUT2D eigenvalue weighted by Gasteiger charge is -2.33. The lowest BCUT2D eigenvalue weighted by atomic mass is 10.1. The minimum Gasteiger partial charge on any atom is -0.496 e. The van der Waals surface area contributed by atoms with E-state index in [0.29, 0.717) is 19.6 Å². The first-order valence-electron chi connectivity index (χ1n) is 8.72. The molecule has 7 heteroatoms. The summed E-state index contributed by atoms with van der Waals surface area (Å²) in [5.41, 5.74) is 0.989. The zero-order valence-electron chi connectivity index (χ0n) is 15.4. The number of carbonyl (C=O) groups excluding carboxylic acids is 2. The lowest BCUT2D eigenvalue weighted by Crippen LogP contribution is -2.56. The second-order valence-corrected chi connectivity index (χ2v) is 6.98. The van der Waals surface area contributed by atoms with Crippen LogP contribution in [0.4, 0.5) is 0 Å². The van der Waals surface area contributed by atoms with Crippen LogP contribution in [0.15, 0.2) is 30.3 Å². The molecular formula is C19H27N3O3S. The third-order valence-electron chi connectivity index (χ3n) is 4.23. The highest BCUT2D eigenvalue weighted by Gasteiger charge is 2.30. The van der Waals surface area contributed by atoms with E-state index in [-0.39, 0.29) is 18.2 Å². The Labute approximate surface area is 159 Å². The quantitative estimate of drug-likeness (QED) is 0.636. The summed E-state index contributed by atoms with van der Waals surface area (Å²) in [6, 6.07) is 7.35. The van der Waals surface area contributed by atoms with Crippen LogP contribution in [0.5, 0.6) is 5.75 Å². The minimum absolute atomic E-state index is 0.0815. The smallest absolute Gasteiger partial charge is 0.237 e. The number of thioether (sulfide) groups is 1. The summed E-state index contributed by atoms with van der Waals surface area (Å²) in [7, 11) is 1.65. The molecule has 1 saturated heterocycles. The highest BCUT2D eigenvalue weighted by Crippen LogP contribution is 2.19. The molecule has 2 amide bonds. The molecule has 1 aromatic carbocycles. The molecule has 1 aliphatic heterocycles. The standard InChI is InChI=1S/C19H27N3O3S/c1-25-17-8-4-3-6-15(17)7-5-11-22-12-9-21-19(24)16(22)14-18(23)20-10-13-26-2/h3-8,16H,9-14H2,1-2H3,(H,20,23)(H,21,24). The van der Waals surface area contributed by atoms with Gasteiger partial charge in [0.1, 0.15) is 5.75 Å². The van der Waals surface area contributed by atoms with Crippen molar-refractivity contribution >= 4 is 29.7 Å². The van der Waals surface area contributed by atoms with Crippen LogP contribution in [0.25, 0.3) is 6.08 Å². The van der Waals surface area contributed by atoms with Crippen molar-refractivity contribution in [2.75, 3.05) is 45.3 Å². The van der Waals surface area contributed by atoms with Gasteiger partial charge in [-0.2, -0.15) is 11.8 Å². The van der Waals surface area contributed by atoms with Crippen LogP contribution in [0.2, 0.25) is 0 Å². The highest BCUT2D eigenvalue weighted by atomic mass is 32.2. The third-order valence-corrected chi connectivity index (χ3v) is 4.84. The van der Waals surface area contributed by atoms with E-state index in [0.717, 1.165) is 23.6 Å². The summed E-state index contributed by atoms with van der Waals surface area (Å²) in [5, 5.41) is 5.72. The lowest BCUT2D eigenvalue weighted by molar-refractivity contribution is -0.133. The number of hydrogen-bond acceptors (Lipinski definition) is 5. The molecular weight excluding hydrogens is 350 g/mol. The van der Waals surface area contributed by atoms with Crippen molar-refractivity contribution in [3.05, 3.63) is 35.9 Å². The van der Waals surface area contributed by atoms with Gasteiger partial charge >= 0.3 is 0 Å². The predicted octanol–water partition coefficient (Wildman–Crippen LogP) is 1.38. The molecule has 6 nitrogen and oxygen atoms in total. The maximum atomic E-state index is 12.2. The molecule has 1 fully saturated rings. The van der Waals surface area contributed by atoms with Crippen LogP contribution in [-0.2, 0) is 9.59 Å². The fourth-order valence-electron chi connectivity index (χ4n) is 2.86. The molecule has 26 heavy (non-hydrogen) atoms. The first-order chi connectivity index (χ1) is 12.7. The number of methoxy groups -OCH3 is 1. The molecule has 0 bridgehead atoms. The first kappa shape index (κ1) is 20.3. The zero-order chi connectivity index (χ0) is 18.8. The molecule has 1 aromatic rings. The van der Waals surface area contributed by atoms with Crippen molar-refractivity contribution in [3.63, 3.8) is 0 Å². The number of para-hydroxylation sites is 1. The Morgan fingerprint density at radius 1 is 1.46 bits per heavy atom. The Morgan fingerprint density at radius 3 is 3.04 bits per heavy atom. The van der Waals surface area contributed by atoms with Crippen molar-refractivity contribution in [2.24, 2.45) is 0 Å². The van der Waals surface area contributed by atoms with Gasteiger partial charge in [0.05, 0.1) is 19.6 Å². The van der Waals surface area contributed by atoms with Crippen LogP contribution < -0.4 is 15.4 Å². The van der Waals surface area contributed by atoms with Crippen LogP contribution in [0.3, 0.4) is 0 Å². The van der Waals surface area contributed by atoms with Gasteiger partial charge in [-0.25, -0.2) is 0 Å². The van der Waals surface area contributed by atoms with Gasteiger partial charge in [-0.1, -0.05) is 30.4 Å². The van der Waals surface area contributed by atoms with E-state index in [1.807, 2.05) is 47.6 Å². The normalized spacial score (nSPS) is 17.9. The number of ether oxygens (including phenoxy) is 1. The van der Waals surface area contributed by atoms with Gasteiger partial charge in [-0.05, 0) is 12.3 Å². The van der Waals surface area contributed by atoms with Crippen molar-refractivity contribution in [2.45, 2.75) is 12.5 Å². The van der Waals surface area contributed by atoms with E-state index in [4.69, 9.17) is 4.74 Å². The number of nitrogens with one attached hydrogen (secondary N) is 2. The van der Waals surface area contributed by atoms with Gasteiger partial charge in [0, 0.05) is 37.5 Å². The number of hydrogen-bond donors (Lipinski definition) is 2. The molecule has 2 N–H and O–H groups in total. The van der Waals surface area contributed by atoms with Crippen molar-refractivity contribution in [3.8, 4) is 5.75 Å². The van der Waals surface area contributed by atoms with Gasteiger partial charge in [-0.3, -0.25) is 14.5 Å². The maximum Gasteiger partial charge on any atom is 0.237 e. The summed E-state index contributed by atoms with van der Waals surface area (Å²) < 4.78 is 5.34. The Bertz CT molecular complexity index is 636. The maximum absolute atomic E-state index is 12.2. The fraction of sp³-hybridized carbons (Fsp3) is 0.474. The van der Waals surface area contributed by atoms with Crippen molar-refractivity contribution in [1.29, 1.82) is 0 Å². The average Bonchev–Trinajstić information content (AvgIpc) is 2.65. The number of rotatable bonds is 9. The van der Waals surface area contributed by atoms with Crippen LogP contribution >= 0.6 is 11.8 Å². The number of benzene rings is 1. The first-order valence-corrected chi connectivity index (χ1v) is 10.1. The summed E-state index contributed by atoms with van der Waals surface area (Å²) >= 11 is 1.68. The summed E-state index contributed by atoms with van der Waals surface area (Å²) in [6.07, 6.45) is 6.18. The highest BCUT2D eigenvalue weighted by molar-refractivity contribution is 7.98. The molecule has 142 valence electrons. The van der Waals surface area contributed by atoms with Gasteiger partial charge < -0.3 is 15.4 Å². The van der Waals surface area contributed by atoms with Crippen LogP contribution in [0.1, 0.15) is 12.0 Å². The third kappa shape index (κ3) is 6.07. The fourth-order valence-corrected chi connectivity index (χ4v) is 3.17. The molecule has 0 saturated carbocycles. The molecule has 0 aliphatic carbocycles. The summed E-state index contributed by atoms with van der Waals surface area (Å²) in [5.74, 6) is 1.51. The molecule has 2 rings (SSSR count). The topological polar surface area (TPSA) is 70.7 Å². The summed E-state index contributed by atoms with van der Waals surface area (Å²) in [6.45, 7) is 2.56. The second-order valence-electron chi connectivity index (χ2n) is 5.99. The van der Waals surface area contributed by atoms with Gasteiger partial charge in [-0.15, -0.1) is 0 Å². The minimum atomic E-state index is -0.430. The zero-order valence-corrected chi connectivity index (χ0v) is 16.2. The van der Waals surface area contributed by atoms with Crippen molar-refractivity contribution in [1.82, 2.24) is 15.5 Å². The number of piperazine rings is 1. The Kier molecular flexibility index (Phi) is 8.50. The molecule has 1 unspecified atom stereocenters. The molecule has 0 radical (unpaired) electrons. The summed E-state index contributed by atoms with van der Waals surface area (Å²) in [4.78, 5) is 26.4. The largest absolute Gasteiger partial charge is 0.496 e. The van der Waals surface area contributed by atoms with Gasteiger partial charge in [0.25, 0.3) is 0 Å². The van der Waals surface area contributed by atoms with Gasteiger partial charge in [0.2, 0.25) is 11.8 Å². The predicted molar refractivity (Wildman–Crippen MR) is 106 cm³/mol. The molecule has 1 aliphatic rings. The molecule has 1 atom stereocenters. The van der Waals surface area contributed by atoms with Crippen molar-refractivity contribution < 1.29 is 14.3 Å². The van der Waals surface area contributed by atoms with E-state index in [1.54, 1.807) is 18.9 Å². The van der Waals surface area contributed by atoms with E-state index in [2.05, 4.69) is 10.6 Å². The van der Waals surface area contributed by atoms with E-state index in [9.17, 15) is 9.59 Å². The Morgan fingerprint density at radius 2 is 2.27 bits per heavy atom. The van der Waals surface area contributed by atoms with Crippen LogP contribution in [0, 0.1) is 0 Å². The van der Waals surface area contributed by atoms with E-state index in [1.165, 1.54) is 0 Å². The number of carbonyl (C=O) groups is 2. The Balaban J connectivity index is 1.95. The molecule has 0 aromatic heterocycles. The second kappa shape index (κ2) is 10.9. The number of nitrogens with zero attached hydrogens (tertiary/aromatic N) is 1. The SMILES string of the molecule is COc1ccccc1C=CCN1CCNC(=O)C1CC(=O)NCCSC. The molecule has 1 heterocycles. The monoisotopic (exact) mass is 377 g/mol. The Hall–Kier alpha value is -1.99.